The standard InChI is InChI=1S/C32H48N2/c1-21(2)17-27-13-11-14-28(18-22(3)4)31(27)33-25(9)26(10)34-32-29(19-23(5)6)15-12-16-30(32)20-24(7)8/h11-16,21-24H,17-20H2,1-10H3. The lowest BCUT2D eigenvalue weighted by Gasteiger charge is -2.17. The maximum atomic E-state index is 5.23. The van der Waals surface area contributed by atoms with Crippen molar-refractivity contribution in [2.45, 2.75) is 94.9 Å². The number of rotatable bonds is 11. The first-order valence-electron chi connectivity index (χ1n) is 13.3. The molecule has 0 unspecified atom stereocenters. The van der Waals surface area contributed by atoms with Crippen molar-refractivity contribution in [1.82, 2.24) is 0 Å². The Bertz CT molecular complexity index is 852. The number of nitrogens with zero attached hydrogens (tertiary/aromatic N) is 2. The minimum absolute atomic E-state index is 0.597. The average molecular weight is 461 g/mol. The van der Waals surface area contributed by atoms with Gasteiger partial charge in [-0.3, -0.25) is 9.98 Å². The summed E-state index contributed by atoms with van der Waals surface area (Å²) in [6.07, 6.45) is 4.18. The second-order valence-corrected chi connectivity index (χ2v) is 11.6. The van der Waals surface area contributed by atoms with E-state index >= 15 is 0 Å². The predicted octanol–water partition coefficient (Wildman–Crippen LogP) is 9.37. The van der Waals surface area contributed by atoms with Crippen molar-refractivity contribution in [2.75, 3.05) is 0 Å². The van der Waals surface area contributed by atoms with E-state index in [2.05, 4.69) is 106 Å². The minimum atomic E-state index is 0.597. The van der Waals surface area contributed by atoms with Crippen molar-refractivity contribution in [1.29, 1.82) is 0 Å². The molecule has 2 heteroatoms. The molecular weight excluding hydrogens is 412 g/mol. The summed E-state index contributed by atoms with van der Waals surface area (Å²) in [7, 11) is 0. The van der Waals surface area contributed by atoms with Gasteiger partial charge in [-0.05, 0) is 85.5 Å². The van der Waals surface area contributed by atoms with Crippen LogP contribution in [0.15, 0.2) is 46.4 Å². The third-order valence-electron chi connectivity index (χ3n) is 6.00. The summed E-state index contributed by atoms with van der Waals surface area (Å²) in [5, 5.41) is 0. The second-order valence-electron chi connectivity index (χ2n) is 11.6. The Hall–Kier alpha value is -2.22. The molecule has 0 radical (unpaired) electrons. The van der Waals surface area contributed by atoms with E-state index in [1.807, 2.05) is 0 Å². The van der Waals surface area contributed by atoms with Crippen LogP contribution in [0.4, 0.5) is 11.4 Å². The molecule has 2 nitrogen and oxygen atoms in total. The maximum Gasteiger partial charge on any atom is 0.0697 e. The van der Waals surface area contributed by atoms with Crippen molar-refractivity contribution in [2.24, 2.45) is 33.7 Å². The fourth-order valence-corrected chi connectivity index (χ4v) is 4.49. The monoisotopic (exact) mass is 460 g/mol. The fourth-order valence-electron chi connectivity index (χ4n) is 4.49. The van der Waals surface area contributed by atoms with Gasteiger partial charge in [0.05, 0.1) is 22.8 Å². The smallest absolute Gasteiger partial charge is 0.0697 e. The van der Waals surface area contributed by atoms with Crippen LogP contribution in [0.3, 0.4) is 0 Å². The van der Waals surface area contributed by atoms with Gasteiger partial charge in [-0.2, -0.15) is 0 Å². The van der Waals surface area contributed by atoms with Crippen molar-refractivity contribution in [3.63, 3.8) is 0 Å². The summed E-state index contributed by atoms with van der Waals surface area (Å²) in [4.78, 5) is 10.5. The van der Waals surface area contributed by atoms with Gasteiger partial charge in [0.2, 0.25) is 0 Å². The Morgan fingerprint density at radius 2 is 0.735 bits per heavy atom. The summed E-state index contributed by atoms with van der Waals surface area (Å²) in [5.41, 5.74) is 9.74. The molecule has 0 saturated carbocycles. The van der Waals surface area contributed by atoms with E-state index in [1.54, 1.807) is 0 Å². The first-order valence-corrected chi connectivity index (χ1v) is 13.3. The minimum Gasteiger partial charge on any atom is -0.251 e. The highest BCUT2D eigenvalue weighted by Crippen LogP contribution is 2.31. The molecule has 0 N–H and O–H groups in total. The Balaban J connectivity index is 2.58. The zero-order chi connectivity index (χ0) is 25.4. The van der Waals surface area contributed by atoms with Gasteiger partial charge < -0.3 is 0 Å². The lowest BCUT2D eigenvalue weighted by Crippen LogP contribution is -2.08. The third-order valence-corrected chi connectivity index (χ3v) is 6.00. The summed E-state index contributed by atoms with van der Waals surface area (Å²) < 4.78 is 0. The van der Waals surface area contributed by atoms with Crippen LogP contribution < -0.4 is 0 Å². The van der Waals surface area contributed by atoms with Crippen molar-refractivity contribution in [3.05, 3.63) is 58.7 Å². The van der Waals surface area contributed by atoms with Crippen molar-refractivity contribution in [3.8, 4) is 0 Å². The molecule has 0 aromatic heterocycles. The lowest BCUT2D eigenvalue weighted by atomic mass is 9.94. The molecule has 34 heavy (non-hydrogen) atoms. The molecule has 0 saturated heterocycles. The molecule has 2 rings (SSSR count). The lowest BCUT2D eigenvalue weighted by molar-refractivity contribution is 0.636. The average Bonchev–Trinajstić information content (AvgIpc) is 2.70. The topological polar surface area (TPSA) is 24.7 Å². The van der Waals surface area contributed by atoms with E-state index in [0.29, 0.717) is 23.7 Å². The van der Waals surface area contributed by atoms with E-state index in [1.165, 1.54) is 22.3 Å². The zero-order valence-electron chi connectivity index (χ0n) is 23.5. The molecule has 0 bridgehead atoms. The zero-order valence-corrected chi connectivity index (χ0v) is 23.5. The maximum absolute atomic E-state index is 5.23. The quantitative estimate of drug-likeness (QED) is 0.298. The largest absolute Gasteiger partial charge is 0.251 e. The Labute approximate surface area is 210 Å². The van der Waals surface area contributed by atoms with Crippen LogP contribution in [-0.4, -0.2) is 11.4 Å². The van der Waals surface area contributed by atoms with E-state index in [0.717, 1.165) is 48.5 Å². The van der Waals surface area contributed by atoms with Crippen molar-refractivity contribution >= 4 is 22.8 Å². The number of benzene rings is 2. The molecular formula is C32H48N2. The first kappa shape index (κ1) is 28.0. The molecule has 0 aliphatic heterocycles. The van der Waals surface area contributed by atoms with Gasteiger partial charge in [-0.25, -0.2) is 0 Å². The number of hydrogen-bond donors (Lipinski definition) is 0. The summed E-state index contributed by atoms with van der Waals surface area (Å²) in [6.45, 7) is 22.5. The molecule has 0 atom stereocenters. The van der Waals surface area contributed by atoms with Gasteiger partial charge in [-0.1, -0.05) is 91.8 Å². The molecule has 0 fully saturated rings. The number of aliphatic imine (C=N–C) groups is 2. The summed E-state index contributed by atoms with van der Waals surface area (Å²) in [5.74, 6) is 2.39. The SMILES string of the molecule is CC(=Nc1c(CC(C)C)cccc1CC(C)C)C(C)=Nc1c(CC(C)C)cccc1CC(C)C. The van der Waals surface area contributed by atoms with Crippen LogP contribution in [0.2, 0.25) is 0 Å². The highest BCUT2D eigenvalue weighted by atomic mass is 14.8. The predicted molar refractivity (Wildman–Crippen MR) is 153 cm³/mol. The van der Waals surface area contributed by atoms with Crippen LogP contribution in [0.5, 0.6) is 0 Å². The van der Waals surface area contributed by atoms with Crippen LogP contribution >= 0.6 is 0 Å². The Morgan fingerprint density at radius 1 is 0.500 bits per heavy atom. The summed E-state index contributed by atoms with van der Waals surface area (Å²) >= 11 is 0. The highest BCUT2D eigenvalue weighted by Gasteiger charge is 2.14. The highest BCUT2D eigenvalue weighted by molar-refractivity contribution is 6.41. The van der Waals surface area contributed by atoms with E-state index < -0.39 is 0 Å². The van der Waals surface area contributed by atoms with E-state index in [-0.39, 0.29) is 0 Å². The molecule has 0 aliphatic rings. The van der Waals surface area contributed by atoms with Gasteiger partial charge in [0, 0.05) is 0 Å². The molecule has 2 aromatic rings. The van der Waals surface area contributed by atoms with Crippen molar-refractivity contribution < 1.29 is 0 Å². The molecule has 186 valence electrons. The van der Waals surface area contributed by atoms with E-state index in [4.69, 9.17) is 9.98 Å². The number of para-hydroxylation sites is 2. The van der Waals surface area contributed by atoms with Crippen LogP contribution in [0.1, 0.15) is 91.5 Å². The molecule has 0 aliphatic carbocycles. The van der Waals surface area contributed by atoms with Crippen LogP contribution in [0.25, 0.3) is 0 Å². The van der Waals surface area contributed by atoms with Gasteiger partial charge >= 0.3 is 0 Å². The number of hydrogen-bond acceptors (Lipinski definition) is 2. The normalized spacial score (nSPS) is 13.1. The van der Waals surface area contributed by atoms with Crippen LogP contribution in [0, 0.1) is 23.7 Å². The molecule has 0 heterocycles. The fraction of sp³-hybridized carbons (Fsp3) is 0.562. The molecule has 0 spiro atoms. The molecule has 0 amide bonds. The van der Waals surface area contributed by atoms with Gasteiger partial charge in [0.25, 0.3) is 0 Å². The van der Waals surface area contributed by atoms with Gasteiger partial charge in [0.1, 0.15) is 0 Å². The van der Waals surface area contributed by atoms with E-state index in [9.17, 15) is 0 Å². The van der Waals surface area contributed by atoms with Gasteiger partial charge in [-0.15, -0.1) is 0 Å². The summed E-state index contributed by atoms with van der Waals surface area (Å²) in [6, 6.07) is 13.4. The van der Waals surface area contributed by atoms with Gasteiger partial charge in [0.15, 0.2) is 0 Å². The second kappa shape index (κ2) is 13.0. The third kappa shape index (κ3) is 8.53. The van der Waals surface area contributed by atoms with Crippen LogP contribution in [-0.2, 0) is 25.7 Å². The molecule has 2 aromatic carbocycles. The Kier molecular flexibility index (Phi) is 10.7. The Morgan fingerprint density at radius 3 is 0.941 bits per heavy atom. The first-order chi connectivity index (χ1) is 16.0.